The lowest BCUT2D eigenvalue weighted by atomic mass is 10.3. The fourth-order valence-corrected chi connectivity index (χ4v) is 3.39. The molecule has 3 heterocycles. The Morgan fingerprint density at radius 3 is 3.00 bits per heavy atom. The van der Waals surface area contributed by atoms with Gasteiger partial charge < -0.3 is 4.52 Å². The molecule has 1 aliphatic carbocycles. The smallest absolute Gasteiger partial charge is 0.258 e. The van der Waals surface area contributed by atoms with E-state index in [9.17, 15) is 4.79 Å². The van der Waals surface area contributed by atoms with Crippen LogP contribution in [0.25, 0.3) is 4.96 Å². The molecule has 3 aromatic rings. The van der Waals surface area contributed by atoms with Crippen LogP contribution in [0.5, 0.6) is 0 Å². The molecule has 4 rings (SSSR count). The maximum atomic E-state index is 12.1. The van der Waals surface area contributed by atoms with E-state index in [2.05, 4.69) is 15.1 Å². The third-order valence-electron chi connectivity index (χ3n) is 3.80. The Hall–Kier alpha value is -2.06. The summed E-state index contributed by atoms with van der Waals surface area (Å²) in [5.41, 5.74) is 0.706. The Kier molecular flexibility index (Phi) is 3.50. The van der Waals surface area contributed by atoms with E-state index < -0.39 is 0 Å². The molecule has 0 N–H and O–H groups in total. The van der Waals surface area contributed by atoms with Gasteiger partial charge in [0.25, 0.3) is 5.56 Å². The van der Waals surface area contributed by atoms with E-state index in [0.29, 0.717) is 24.9 Å². The van der Waals surface area contributed by atoms with Crippen LogP contribution in [0.1, 0.15) is 41.0 Å². The van der Waals surface area contributed by atoms with Crippen LogP contribution in [0.15, 0.2) is 21.6 Å². The molecule has 7 nitrogen and oxygen atoms in total. The minimum absolute atomic E-state index is 0.0449. The van der Waals surface area contributed by atoms with Crippen LogP contribution < -0.4 is 5.56 Å². The number of aromatic nitrogens is 4. The zero-order chi connectivity index (χ0) is 16.0. The van der Waals surface area contributed by atoms with Crippen LogP contribution in [0.3, 0.4) is 0 Å². The average Bonchev–Trinajstić information content (AvgIpc) is 3.11. The number of rotatable bonds is 5. The quantitative estimate of drug-likeness (QED) is 0.711. The molecule has 0 bridgehead atoms. The van der Waals surface area contributed by atoms with Crippen molar-refractivity contribution in [1.82, 2.24) is 24.4 Å². The Balaban J connectivity index is 1.48. The predicted octanol–water partition coefficient (Wildman–Crippen LogP) is 1.96. The van der Waals surface area contributed by atoms with Gasteiger partial charge in [0.05, 0.1) is 12.2 Å². The number of aryl methyl sites for hydroxylation is 1. The summed E-state index contributed by atoms with van der Waals surface area (Å²) in [6, 6.07) is 1.58. The van der Waals surface area contributed by atoms with Crippen LogP contribution >= 0.6 is 11.3 Å². The molecule has 0 atom stereocenters. The number of thiazole rings is 1. The molecule has 120 valence electrons. The third kappa shape index (κ3) is 3.04. The van der Waals surface area contributed by atoms with E-state index >= 15 is 0 Å². The second-order valence-electron chi connectivity index (χ2n) is 6.07. The van der Waals surface area contributed by atoms with E-state index in [1.54, 1.807) is 10.5 Å². The molecule has 0 spiro atoms. The van der Waals surface area contributed by atoms with Crippen LogP contribution in [-0.4, -0.2) is 31.5 Å². The van der Waals surface area contributed by atoms with Crippen molar-refractivity contribution in [3.8, 4) is 0 Å². The second kappa shape index (κ2) is 5.54. The van der Waals surface area contributed by atoms with Gasteiger partial charge in [-0.1, -0.05) is 5.16 Å². The Labute approximate surface area is 136 Å². The van der Waals surface area contributed by atoms with Crippen molar-refractivity contribution in [2.24, 2.45) is 0 Å². The van der Waals surface area contributed by atoms with Crippen molar-refractivity contribution in [3.05, 3.63) is 44.9 Å². The Morgan fingerprint density at radius 1 is 1.39 bits per heavy atom. The van der Waals surface area contributed by atoms with Crippen molar-refractivity contribution >= 4 is 16.3 Å². The summed E-state index contributed by atoms with van der Waals surface area (Å²) >= 11 is 1.52. The molecule has 1 fully saturated rings. The lowest BCUT2D eigenvalue weighted by molar-refractivity contribution is 0.258. The first kappa shape index (κ1) is 14.5. The minimum atomic E-state index is -0.0449. The van der Waals surface area contributed by atoms with Gasteiger partial charge in [0, 0.05) is 29.6 Å². The van der Waals surface area contributed by atoms with Gasteiger partial charge in [0.1, 0.15) is 0 Å². The van der Waals surface area contributed by atoms with E-state index in [1.165, 1.54) is 11.3 Å². The summed E-state index contributed by atoms with van der Waals surface area (Å²) in [7, 11) is 1.95. The summed E-state index contributed by atoms with van der Waals surface area (Å²) in [6.07, 6.45) is 4.13. The number of hydrogen-bond acceptors (Lipinski definition) is 7. The molecule has 0 unspecified atom stereocenters. The Bertz CT molecular complexity index is 908. The lowest BCUT2D eigenvalue weighted by Gasteiger charge is -2.13. The summed E-state index contributed by atoms with van der Waals surface area (Å²) in [5.74, 6) is 1.92. The van der Waals surface area contributed by atoms with Crippen LogP contribution in [-0.2, 0) is 13.1 Å². The molecule has 8 heteroatoms. The fraction of sp³-hybridized carbons (Fsp3) is 0.467. The van der Waals surface area contributed by atoms with Gasteiger partial charge in [-0.15, -0.1) is 11.3 Å². The standard InChI is InChI=1S/C15H17N5O2S/c1-9-6-20-13(21)5-11(16-15(20)23-9)7-19(2)8-12-17-14(18-22-12)10-3-4-10/h5-6,10H,3-4,7-8H2,1-2H3. The highest BCUT2D eigenvalue weighted by Crippen LogP contribution is 2.38. The molecule has 3 aromatic heterocycles. The summed E-state index contributed by atoms with van der Waals surface area (Å²) in [4.78, 5) is 24.9. The van der Waals surface area contributed by atoms with Crippen molar-refractivity contribution in [1.29, 1.82) is 0 Å². The largest absolute Gasteiger partial charge is 0.338 e. The normalized spacial score (nSPS) is 14.9. The van der Waals surface area contributed by atoms with Crippen LogP contribution in [0, 0.1) is 6.92 Å². The lowest BCUT2D eigenvalue weighted by Crippen LogP contribution is -2.21. The van der Waals surface area contributed by atoms with Crippen LogP contribution in [0.2, 0.25) is 0 Å². The average molecular weight is 331 g/mol. The molecule has 23 heavy (non-hydrogen) atoms. The zero-order valence-corrected chi connectivity index (χ0v) is 13.8. The van der Waals surface area contributed by atoms with Gasteiger partial charge in [-0.2, -0.15) is 4.98 Å². The molecule has 0 aromatic carbocycles. The molecule has 1 saturated carbocycles. The highest BCUT2D eigenvalue weighted by molar-refractivity contribution is 7.16. The van der Waals surface area contributed by atoms with Gasteiger partial charge in [0.2, 0.25) is 5.89 Å². The zero-order valence-electron chi connectivity index (χ0n) is 13.0. The molecular formula is C15H17N5O2S. The van der Waals surface area contributed by atoms with E-state index in [1.807, 2.05) is 25.1 Å². The van der Waals surface area contributed by atoms with Gasteiger partial charge in [-0.05, 0) is 26.8 Å². The summed E-state index contributed by atoms with van der Waals surface area (Å²) in [6.45, 7) is 3.08. The van der Waals surface area contributed by atoms with Gasteiger partial charge in [-0.3, -0.25) is 14.1 Å². The SMILES string of the molecule is Cc1cn2c(=O)cc(CN(C)Cc3nc(C4CC4)no3)nc2s1. The van der Waals surface area contributed by atoms with Crippen molar-refractivity contribution in [3.63, 3.8) is 0 Å². The molecular weight excluding hydrogens is 314 g/mol. The summed E-state index contributed by atoms with van der Waals surface area (Å²) in [5, 5.41) is 4.02. The van der Waals surface area contributed by atoms with Crippen LogP contribution in [0.4, 0.5) is 0 Å². The Morgan fingerprint density at radius 2 is 2.22 bits per heavy atom. The molecule has 0 radical (unpaired) electrons. The van der Waals surface area contributed by atoms with E-state index in [0.717, 1.165) is 34.2 Å². The third-order valence-corrected chi connectivity index (χ3v) is 4.70. The van der Waals surface area contributed by atoms with Gasteiger partial charge >= 0.3 is 0 Å². The van der Waals surface area contributed by atoms with Gasteiger partial charge in [-0.25, -0.2) is 4.98 Å². The van der Waals surface area contributed by atoms with Crippen molar-refractivity contribution in [2.45, 2.75) is 38.8 Å². The van der Waals surface area contributed by atoms with E-state index in [-0.39, 0.29) is 5.56 Å². The monoisotopic (exact) mass is 331 g/mol. The first-order chi connectivity index (χ1) is 11.1. The maximum absolute atomic E-state index is 12.1. The number of hydrogen-bond donors (Lipinski definition) is 0. The minimum Gasteiger partial charge on any atom is -0.338 e. The molecule has 0 amide bonds. The number of nitrogens with zero attached hydrogens (tertiary/aromatic N) is 5. The highest BCUT2D eigenvalue weighted by atomic mass is 32.1. The van der Waals surface area contributed by atoms with Crippen molar-refractivity contribution in [2.75, 3.05) is 7.05 Å². The first-order valence-corrected chi connectivity index (χ1v) is 8.40. The highest BCUT2D eigenvalue weighted by Gasteiger charge is 2.28. The first-order valence-electron chi connectivity index (χ1n) is 7.58. The maximum Gasteiger partial charge on any atom is 0.258 e. The molecule has 0 aliphatic heterocycles. The fourth-order valence-electron chi connectivity index (χ4n) is 2.54. The second-order valence-corrected chi connectivity index (χ2v) is 7.29. The molecule has 1 aliphatic rings. The van der Waals surface area contributed by atoms with Crippen molar-refractivity contribution < 1.29 is 4.52 Å². The predicted molar refractivity (Wildman–Crippen MR) is 85.5 cm³/mol. The van der Waals surface area contributed by atoms with Gasteiger partial charge in [0.15, 0.2) is 10.8 Å². The summed E-state index contributed by atoms with van der Waals surface area (Å²) < 4.78 is 6.87. The molecule has 0 saturated heterocycles. The topological polar surface area (TPSA) is 76.5 Å². The van der Waals surface area contributed by atoms with E-state index in [4.69, 9.17) is 4.52 Å². The number of fused-ring (bicyclic) bond motifs is 1.